The van der Waals surface area contributed by atoms with E-state index >= 15 is 0 Å². The number of aryl methyl sites for hydroxylation is 1. The Morgan fingerprint density at radius 2 is 2.21 bits per heavy atom. The molecule has 0 saturated carbocycles. The van der Waals surface area contributed by atoms with Gasteiger partial charge in [-0.1, -0.05) is 28.9 Å². The summed E-state index contributed by atoms with van der Waals surface area (Å²) < 4.78 is 5.43. The number of hydrogen-bond donors (Lipinski definition) is 1. The van der Waals surface area contributed by atoms with Crippen LogP contribution < -0.4 is 0 Å². The molecule has 1 aliphatic heterocycles. The Labute approximate surface area is 143 Å². The number of aliphatic hydroxyl groups excluding tert-OH is 1. The van der Waals surface area contributed by atoms with Gasteiger partial charge in [-0.2, -0.15) is 4.98 Å². The van der Waals surface area contributed by atoms with Crippen LogP contribution >= 0.6 is 0 Å². The summed E-state index contributed by atoms with van der Waals surface area (Å²) in [6, 6.07) is 8.53. The zero-order valence-electron chi connectivity index (χ0n) is 14.6. The SMILES string of the molecule is Cc1cccc(-c2noc(CN3CCN(CC(C)O)C(C)C3)n2)c1. The number of nitrogens with zero attached hydrogens (tertiary/aromatic N) is 4. The average molecular weight is 330 g/mol. The fourth-order valence-corrected chi connectivity index (χ4v) is 3.24. The van der Waals surface area contributed by atoms with Crippen LogP contribution in [0, 0.1) is 6.92 Å². The first kappa shape index (κ1) is 17.1. The molecule has 0 aliphatic carbocycles. The van der Waals surface area contributed by atoms with Crippen molar-refractivity contribution in [3.63, 3.8) is 0 Å². The molecule has 24 heavy (non-hydrogen) atoms. The summed E-state index contributed by atoms with van der Waals surface area (Å²) in [6.07, 6.45) is -0.285. The lowest BCUT2D eigenvalue weighted by Gasteiger charge is -2.39. The quantitative estimate of drug-likeness (QED) is 0.904. The van der Waals surface area contributed by atoms with Gasteiger partial charge in [-0.05, 0) is 26.8 Å². The zero-order valence-corrected chi connectivity index (χ0v) is 14.6. The minimum Gasteiger partial charge on any atom is -0.392 e. The van der Waals surface area contributed by atoms with Gasteiger partial charge in [0.1, 0.15) is 0 Å². The van der Waals surface area contributed by atoms with Crippen molar-refractivity contribution in [2.24, 2.45) is 0 Å². The minimum absolute atomic E-state index is 0.285. The van der Waals surface area contributed by atoms with Gasteiger partial charge in [0.15, 0.2) is 0 Å². The highest BCUT2D eigenvalue weighted by molar-refractivity contribution is 5.55. The molecule has 3 rings (SSSR count). The van der Waals surface area contributed by atoms with E-state index in [9.17, 15) is 5.11 Å². The van der Waals surface area contributed by atoms with E-state index in [0.29, 0.717) is 24.3 Å². The second kappa shape index (κ2) is 7.42. The highest BCUT2D eigenvalue weighted by Gasteiger charge is 2.25. The Morgan fingerprint density at radius 3 is 2.92 bits per heavy atom. The summed E-state index contributed by atoms with van der Waals surface area (Å²) in [5.41, 5.74) is 2.17. The maximum absolute atomic E-state index is 9.57. The molecule has 6 heteroatoms. The van der Waals surface area contributed by atoms with E-state index in [-0.39, 0.29) is 6.10 Å². The third-order valence-corrected chi connectivity index (χ3v) is 4.45. The Morgan fingerprint density at radius 1 is 1.38 bits per heavy atom. The first-order valence-electron chi connectivity index (χ1n) is 8.55. The standard InChI is InChI=1S/C18H26N4O2/c1-13-5-4-6-16(9-13)18-19-17(24-20-18)12-21-7-8-22(11-15(3)23)14(2)10-21/h4-6,9,14-15,23H,7-8,10-12H2,1-3H3. The molecular weight excluding hydrogens is 304 g/mol. The van der Waals surface area contributed by atoms with Crippen LogP contribution in [0.4, 0.5) is 0 Å². The van der Waals surface area contributed by atoms with Gasteiger partial charge in [0.05, 0.1) is 12.6 Å². The van der Waals surface area contributed by atoms with Gasteiger partial charge in [-0.15, -0.1) is 0 Å². The lowest BCUT2D eigenvalue weighted by Crippen LogP contribution is -2.53. The zero-order chi connectivity index (χ0) is 17.1. The number of benzene rings is 1. The molecule has 2 heterocycles. The van der Waals surface area contributed by atoms with Gasteiger partial charge in [0, 0.05) is 37.8 Å². The normalized spacial score (nSPS) is 21.1. The Bertz CT molecular complexity index is 671. The average Bonchev–Trinajstić information content (AvgIpc) is 2.98. The van der Waals surface area contributed by atoms with Gasteiger partial charge in [-0.25, -0.2) is 0 Å². The maximum Gasteiger partial charge on any atom is 0.241 e. The van der Waals surface area contributed by atoms with Crippen LogP contribution in [0.5, 0.6) is 0 Å². The van der Waals surface area contributed by atoms with E-state index in [1.165, 1.54) is 5.56 Å². The van der Waals surface area contributed by atoms with Crippen LogP contribution in [0.2, 0.25) is 0 Å². The third kappa shape index (κ3) is 4.20. The van der Waals surface area contributed by atoms with Crippen LogP contribution in [0.25, 0.3) is 11.4 Å². The van der Waals surface area contributed by atoms with Gasteiger partial charge in [0.25, 0.3) is 0 Å². The third-order valence-electron chi connectivity index (χ3n) is 4.45. The number of rotatable bonds is 5. The smallest absolute Gasteiger partial charge is 0.241 e. The van der Waals surface area contributed by atoms with E-state index in [1.807, 2.05) is 19.1 Å². The van der Waals surface area contributed by atoms with Gasteiger partial charge in [-0.3, -0.25) is 9.80 Å². The number of β-amino-alcohol motifs (C(OH)–C–C–N with tert-alkyl or cyclic N) is 1. The van der Waals surface area contributed by atoms with Crippen molar-refractivity contribution in [2.45, 2.75) is 39.5 Å². The summed E-state index contributed by atoms with van der Waals surface area (Å²) in [6.45, 7) is 10.3. The second-order valence-electron chi connectivity index (χ2n) is 6.81. The topological polar surface area (TPSA) is 65.6 Å². The first-order chi connectivity index (χ1) is 11.5. The highest BCUT2D eigenvalue weighted by atomic mass is 16.5. The first-order valence-corrected chi connectivity index (χ1v) is 8.55. The molecule has 1 aromatic carbocycles. The monoisotopic (exact) mass is 330 g/mol. The van der Waals surface area contributed by atoms with Crippen LogP contribution in [-0.4, -0.2) is 63.4 Å². The largest absolute Gasteiger partial charge is 0.392 e. The lowest BCUT2D eigenvalue weighted by atomic mass is 10.1. The Hall–Kier alpha value is -1.76. The fraction of sp³-hybridized carbons (Fsp3) is 0.556. The summed E-state index contributed by atoms with van der Waals surface area (Å²) in [4.78, 5) is 9.19. The number of aromatic nitrogens is 2. The molecule has 130 valence electrons. The summed E-state index contributed by atoms with van der Waals surface area (Å²) in [5.74, 6) is 1.30. The summed E-state index contributed by atoms with van der Waals surface area (Å²) in [5, 5.41) is 13.7. The molecule has 2 aromatic rings. The van der Waals surface area contributed by atoms with Crippen molar-refractivity contribution in [2.75, 3.05) is 26.2 Å². The molecule has 0 bridgehead atoms. The number of hydrogen-bond acceptors (Lipinski definition) is 6. The van der Waals surface area contributed by atoms with Crippen LogP contribution in [0.15, 0.2) is 28.8 Å². The summed E-state index contributed by atoms with van der Waals surface area (Å²) >= 11 is 0. The van der Waals surface area contributed by atoms with Gasteiger partial charge in [0.2, 0.25) is 11.7 Å². The molecule has 2 unspecified atom stereocenters. The molecule has 1 aliphatic rings. The van der Waals surface area contributed by atoms with Gasteiger partial charge >= 0.3 is 0 Å². The van der Waals surface area contributed by atoms with Crippen molar-refractivity contribution in [3.05, 3.63) is 35.7 Å². The van der Waals surface area contributed by atoms with E-state index in [2.05, 4.69) is 45.9 Å². The number of piperazine rings is 1. The number of aliphatic hydroxyl groups is 1. The molecule has 6 nitrogen and oxygen atoms in total. The van der Waals surface area contributed by atoms with Crippen molar-refractivity contribution in [1.82, 2.24) is 19.9 Å². The van der Waals surface area contributed by atoms with Crippen LogP contribution in [0.3, 0.4) is 0 Å². The van der Waals surface area contributed by atoms with E-state index < -0.39 is 0 Å². The summed E-state index contributed by atoms with van der Waals surface area (Å²) in [7, 11) is 0. The van der Waals surface area contributed by atoms with Crippen molar-refractivity contribution < 1.29 is 9.63 Å². The van der Waals surface area contributed by atoms with Gasteiger partial charge < -0.3 is 9.63 Å². The van der Waals surface area contributed by atoms with Crippen LogP contribution in [-0.2, 0) is 6.54 Å². The molecular formula is C18H26N4O2. The van der Waals surface area contributed by atoms with Crippen molar-refractivity contribution >= 4 is 0 Å². The fourth-order valence-electron chi connectivity index (χ4n) is 3.24. The Balaban J connectivity index is 1.60. The predicted molar refractivity (Wildman–Crippen MR) is 92.5 cm³/mol. The molecule has 2 atom stereocenters. The lowest BCUT2D eigenvalue weighted by molar-refractivity contribution is 0.0385. The molecule has 0 amide bonds. The van der Waals surface area contributed by atoms with Crippen molar-refractivity contribution in [1.29, 1.82) is 0 Å². The minimum atomic E-state index is -0.285. The van der Waals surface area contributed by atoms with E-state index in [0.717, 1.165) is 31.7 Å². The molecule has 1 fully saturated rings. The highest BCUT2D eigenvalue weighted by Crippen LogP contribution is 2.18. The molecule has 0 radical (unpaired) electrons. The predicted octanol–water partition coefficient (Wildman–Crippen LogP) is 1.93. The maximum atomic E-state index is 9.57. The molecule has 1 saturated heterocycles. The second-order valence-corrected chi connectivity index (χ2v) is 6.81. The Kier molecular flexibility index (Phi) is 5.28. The molecule has 1 N–H and O–H groups in total. The van der Waals surface area contributed by atoms with Crippen molar-refractivity contribution in [3.8, 4) is 11.4 Å². The molecule has 0 spiro atoms. The molecule has 1 aromatic heterocycles. The van der Waals surface area contributed by atoms with E-state index in [1.54, 1.807) is 0 Å². The van der Waals surface area contributed by atoms with Crippen LogP contribution in [0.1, 0.15) is 25.3 Å². The van der Waals surface area contributed by atoms with E-state index in [4.69, 9.17) is 4.52 Å².